The molecular formula is C26H24BrNO5. The van der Waals surface area contributed by atoms with E-state index in [1.54, 1.807) is 0 Å². The van der Waals surface area contributed by atoms with Crippen molar-refractivity contribution in [3.63, 3.8) is 0 Å². The highest BCUT2D eigenvalue weighted by Crippen LogP contribution is 2.48. The van der Waals surface area contributed by atoms with Crippen LogP contribution in [-0.4, -0.2) is 25.2 Å². The maximum Gasteiger partial charge on any atom is 0.336 e. The van der Waals surface area contributed by atoms with Gasteiger partial charge in [-0.25, -0.2) is 4.79 Å². The zero-order chi connectivity index (χ0) is 22.9. The average Bonchev–Trinajstić information content (AvgIpc) is 3.25. The number of fused-ring (bicyclic) bond motifs is 1. The average molecular weight is 510 g/mol. The van der Waals surface area contributed by atoms with E-state index in [9.17, 15) is 9.59 Å². The van der Waals surface area contributed by atoms with Crippen molar-refractivity contribution in [1.82, 2.24) is 5.32 Å². The summed E-state index contributed by atoms with van der Waals surface area (Å²) in [6.45, 7) is 2.27. The monoisotopic (exact) mass is 509 g/mol. The van der Waals surface area contributed by atoms with Crippen LogP contribution in [-0.2, 0) is 20.7 Å². The van der Waals surface area contributed by atoms with Crippen molar-refractivity contribution in [2.45, 2.75) is 38.5 Å². The zero-order valence-electron chi connectivity index (χ0n) is 18.3. The number of halogens is 1. The fraction of sp³-hybridized carbons (Fsp3) is 0.308. The van der Waals surface area contributed by atoms with E-state index in [-0.39, 0.29) is 19.2 Å². The molecule has 1 N–H and O–H groups in total. The molecule has 5 rings (SSSR count). The highest BCUT2D eigenvalue weighted by Gasteiger charge is 2.40. The van der Waals surface area contributed by atoms with Crippen molar-refractivity contribution in [2.24, 2.45) is 0 Å². The number of hydrogen-bond acceptors (Lipinski definition) is 6. The molecule has 0 saturated carbocycles. The van der Waals surface area contributed by atoms with Crippen molar-refractivity contribution in [3.05, 3.63) is 80.6 Å². The van der Waals surface area contributed by atoms with Crippen LogP contribution >= 0.6 is 15.9 Å². The maximum atomic E-state index is 13.4. The van der Waals surface area contributed by atoms with Gasteiger partial charge in [0.15, 0.2) is 17.3 Å². The molecule has 0 bridgehead atoms. The summed E-state index contributed by atoms with van der Waals surface area (Å²) in [6, 6.07) is 13.6. The van der Waals surface area contributed by atoms with Gasteiger partial charge >= 0.3 is 5.97 Å². The second-order valence-corrected chi connectivity index (χ2v) is 9.22. The Balaban J connectivity index is 1.50. The third-order valence-electron chi connectivity index (χ3n) is 6.27. The number of rotatable bonds is 5. The number of ketones is 1. The number of allylic oxidation sites excluding steroid dienone is 3. The molecule has 2 heterocycles. The van der Waals surface area contributed by atoms with Gasteiger partial charge in [0.25, 0.3) is 0 Å². The number of carbonyl (C=O) groups is 2. The third-order valence-corrected chi connectivity index (χ3v) is 6.95. The van der Waals surface area contributed by atoms with Crippen LogP contribution in [0.25, 0.3) is 0 Å². The summed E-state index contributed by atoms with van der Waals surface area (Å²) in [5.41, 5.74) is 4.58. The lowest BCUT2D eigenvalue weighted by molar-refractivity contribution is -0.139. The van der Waals surface area contributed by atoms with Gasteiger partial charge in [-0.15, -0.1) is 0 Å². The van der Waals surface area contributed by atoms with Gasteiger partial charge in [0.05, 0.1) is 12.2 Å². The lowest BCUT2D eigenvalue weighted by atomic mass is 9.75. The Labute approximate surface area is 200 Å². The van der Waals surface area contributed by atoms with Crippen LogP contribution in [0.5, 0.6) is 11.5 Å². The first-order chi connectivity index (χ1) is 16.0. The molecule has 0 amide bonds. The molecular weight excluding hydrogens is 486 g/mol. The Bertz CT molecular complexity index is 1180. The van der Waals surface area contributed by atoms with Crippen LogP contribution in [0.4, 0.5) is 0 Å². The van der Waals surface area contributed by atoms with E-state index >= 15 is 0 Å². The van der Waals surface area contributed by atoms with E-state index < -0.39 is 11.9 Å². The van der Waals surface area contributed by atoms with E-state index in [4.69, 9.17) is 14.2 Å². The molecule has 33 heavy (non-hydrogen) atoms. The normalized spacial score (nSPS) is 19.3. The minimum Gasteiger partial charge on any atom is -0.462 e. The van der Waals surface area contributed by atoms with Crippen molar-refractivity contribution < 1.29 is 23.8 Å². The summed E-state index contributed by atoms with van der Waals surface area (Å²) >= 11 is 3.64. The van der Waals surface area contributed by atoms with Gasteiger partial charge in [0.2, 0.25) is 6.79 Å². The predicted molar refractivity (Wildman–Crippen MR) is 126 cm³/mol. The van der Waals surface area contributed by atoms with Crippen molar-refractivity contribution in [3.8, 4) is 11.5 Å². The lowest BCUT2D eigenvalue weighted by Crippen LogP contribution is -2.34. The Hall–Kier alpha value is -3.06. The van der Waals surface area contributed by atoms with E-state index in [1.807, 2.05) is 49.4 Å². The molecule has 0 saturated heterocycles. The topological polar surface area (TPSA) is 73.9 Å². The van der Waals surface area contributed by atoms with E-state index in [1.165, 1.54) is 0 Å². The van der Waals surface area contributed by atoms with Crippen molar-refractivity contribution >= 4 is 27.7 Å². The maximum absolute atomic E-state index is 13.4. The first-order valence-corrected chi connectivity index (χ1v) is 11.9. The van der Waals surface area contributed by atoms with Crippen LogP contribution in [0, 0.1) is 0 Å². The van der Waals surface area contributed by atoms with E-state index in [2.05, 4.69) is 21.2 Å². The van der Waals surface area contributed by atoms with Gasteiger partial charge in [-0.1, -0.05) is 46.3 Å². The second-order valence-electron chi connectivity index (χ2n) is 8.36. The van der Waals surface area contributed by atoms with E-state index in [0.29, 0.717) is 41.2 Å². The van der Waals surface area contributed by atoms with Crippen molar-refractivity contribution in [2.75, 3.05) is 13.4 Å². The summed E-state index contributed by atoms with van der Waals surface area (Å²) in [4.78, 5) is 26.5. The smallest absolute Gasteiger partial charge is 0.336 e. The molecule has 2 aromatic carbocycles. The SMILES string of the molecule is CC1=C(C(=O)OCCc2ccccc2)[C@H](c2cc3c(cc2Br)OCO3)C2=C(CCCC2=O)N1. The molecule has 2 aliphatic heterocycles. The zero-order valence-corrected chi connectivity index (χ0v) is 19.9. The highest BCUT2D eigenvalue weighted by atomic mass is 79.9. The number of Topliss-reactive ketones (excluding diaryl/α,β-unsaturated/α-hetero) is 1. The molecule has 7 heteroatoms. The predicted octanol–water partition coefficient (Wildman–Crippen LogP) is 4.93. The summed E-state index contributed by atoms with van der Waals surface area (Å²) in [5, 5.41) is 3.33. The molecule has 0 fully saturated rings. The first-order valence-electron chi connectivity index (χ1n) is 11.1. The second kappa shape index (κ2) is 9.06. The molecule has 0 unspecified atom stereocenters. The number of ether oxygens (including phenoxy) is 3. The van der Waals surface area contributed by atoms with E-state index in [0.717, 1.165) is 34.1 Å². The minimum absolute atomic E-state index is 0.0559. The number of nitrogens with one attached hydrogen (secondary N) is 1. The van der Waals surface area contributed by atoms with Crippen molar-refractivity contribution in [1.29, 1.82) is 0 Å². The first kappa shape index (κ1) is 21.8. The van der Waals surface area contributed by atoms with Crippen LogP contribution in [0.2, 0.25) is 0 Å². The van der Waals surface area contributed by atoms with Crippen LogP contribution in [0.1, 0.15) is 43.2 Å². The molecule has 0 radical (unpaired) electrons. The van der Waals surface area contributed by atoms with Gasteiger partial charge in [0.1, 0.15) is 0 Å². The molecule has 170 valence electrons. The summed E-state index contributed by atoms with van der Waals surface area (Å²) in [6.07, 6.45) is 2.66. The molecule has 1 aliphatic carbocycles. The largest absolute Gasteiger partial charge is 0.462 e. The Kier molecular flexibility index (Phi) is 5.98. The van der Waals surface area contributed by atoms with Gasteiger partial charge < -0.3 is 19.5 Å². The molecule has 0 aromatic heterocycles. The van der Waals surface area contributed by atoms with Crippen LogP contribution in [0.3, 0.4) is 0 Å². The van der Waals surface area contributed by atoms with Gasteiger partial charge in [0, 0.05) is 40.2 Å². The summed E-state index contributed by atoms with van der Waals surface area (Å²) < 4.78 is 17.6. The lowest BCUT2D eigenvalue weighted by Gasteiger charge is -2.34. The standard InChI is InChI=1S/C26H24BrNO5/c1-15-23(26(30)31-11-10-16-6-3-2-4-7-16)24(25-19(28-15)8-5-9-20(25)29)17-12-21-22(13-18(17)27)33-14-32-21/h2-4,6-7,12-13,24,28H,5,8-11,14H2,1H3/t24-/m0/s1. The molecule has 3 aliphatic rings. The van der Waals surface area contributed by atoms with Gasteiger partial charge in [-0.05, 0) is 43.0 Å². The number of benzene rings is 2. The minimum atomic E-state index is -0.540. The molecule has 6 nitrogen and oxygen atoms in total. The number of dihydropyridines is 1. The van der Waals surface area contributed by atoms with Crippen LogP contribution in [0.15, 0.2) is 69.5 Å². The number of carbonyl (C=O) groups excluding carboxylic acids is 2. The quantitative estimate of drug-likeness (QED) is 0.576. The molecule has 0 spiro atoms. The molecule has 2 aromatic rings. The Morgan fingerprint density at radius 1 is 1.15 bits per heavy atom. The summed E-state index contributed by atoms with van der Waals surface area (Å²) in [7, 11) is 0. The van der Waals surface area contributed by atoms with Crippen LogP contribution < -0.4 is 14.8 Å². The molecule has 1 atom stereocenters. The highest BCUT2D eigenvalue weighted by molar-refractivity contribution is 9.10. The Morgan fingerprint density at radius 3 is 2.70 bits per heavy atom. The van der Waals surface area contributed by atoms with Gasteiger partial charge in [-0.3, -0.25) is 4.79 Å². The van der Waals surface area contributed by atoms with Gasteiger partial charge in [-0.2, -0.15) is 0 Å². The fourth-order valence-electron chi connectivity index (χ4n) is 4.70. The number of esters is 1. The Morgan fingerprint density at radius 2 is 1.91 bits per heavy atom. The summed E-state index contributed by atoms with van der Waals surface area (Å²) in [5.74, 6) is 0.334. The third kappa shape index (κ3) is 4.17. The fourth-order valence-corrected chi connectivity index (χ4v) is 5.25. The number of hydrogen-bond donors (Lipinski definition) is 1.